The molecule has 1 heterocycles. The number of aromatic nitrogens is 2. The molecule has 2 aliphatic rings. The quantitative estimate of drug-likeness (QED) is 0.653. The van der Waals surface area contributed by atoms with Crippen molar-refractivity contribution < 1.29 is 14.0 Å². The zero-order valence-electron chi connectivity index (χ0n) is 17.6. The molecule has 0 saturated heterocycles. The van der Waals surface area contributed by atoms with Crippen LogP contribution in [-0.4, -0.2) is 27.4 Å². The molecule has 0 radical (unpaired) electrons. The number of benzene rings is 2. The third-order valence-electron chi connectivity index (χ3n) is 5.78. The number of imidazole rings is 1. The molecule has 1 aromatic heterocycles. The maximum atomic E-state index is 13.4. The summed E-state index contributed by atoms with van der Waals surface area (Å²) in [5.74, 6) is -0.112. The first-order chi connectivity index (χ1) is 15.5. The highest BCUT2D eigenvalue weighted by atomic mass is 19.1. The molecule has 2 amide bonds. The predicted molar refractivity (Wildman–Crippen MR) is 120 cm³/mol. The van der Waals surface area contributed by atoms with E-state index in [9.17, 15) is 14.0 Å². The molecule has 1 saturated carbocycles. The van der Waals surface area contributed by atoms with Gasteiger partial charge in [0.2, 0.25) is 5.91 Å². The number of nitrogens with zero attached hydrogens (tertiary/aromatic N) is 2. The lowest BCUT2D eigenvalue weighted by Gasteiger charge is -2.14. The molecule has 32 heavy (non-hydrogen) atoms. The second-order valence-electron chi connectivity index (χ2n) is 8.27. The highest BCUT2D eigenvalue weighted by molar-refractivity contribution is 5.98. The van der Waals surface area contributed by atoms with Crippen LogP contribution in [0.15, 0.2) is 48.5 Å². The first-order valence-electron chi connectivity index (χ1n) is 10.7. The average molecular weight is 430 g/mol. The highest BCUT2D eigenvalue weighted by Gasteiger charge is 2.24. The maximum absolute atomic E-state index is 13.4. The summed E-state index contributed by atoms with van der Waals surface area (Å²) < 4.78 is 15.3. The number of rotatable bonds is 5. The molecule has 1 atom stereocenters. The molecule has 2 aromatic carbocycles. The largest absolute Gasteiger partial charge is 0.349 e. The zero-order chi connectivity index (χ0) is 22.2. The van der Waals surface area contributed by atoms with Gasteiger partial charge < -0.3 is 10.6 Å². The molecule has 0 spiro atoms. The Bertz CT molecular complexity index is 1310. The monoisotopic (exact) mass is 430 g/mol. The SMILES string of the molecule is Cc1nc2c(n1-c1ccc(F)cc1)=CC(C(=O)Nc1ccc(C(=O)NC3CC3)cc1)CC=2. The van der Waals surface area contributed by atoms with Gasteiger partial charge in [-0.05, 0) is 80.8 Å². The minimum Gasteiger partial charge on any atom is -0.349 e. The lowest BCUT2D eigenvalue weighted by molar-refractivity contribution is -0.118. The molecule has 0 bridgehead atoms. The molecule has 6 nitrogen and oxygen atoms in total. The fraction of sp³-hybridized carbons (Fsp3) is 0.240. The Labute approximate surface area is 184 Å². The van der Waals surface area contributed by atoms with Crippen LogP contribution in [0.2, 0.25) is 0 Å². The number of carbonyl (C=O) groups is 2. The van der Waals surface area contributed by atoms with E-state index in [0.29, 0.717) is 23.7 Å². The van der Waals surface area contributed by atoms with Crippen LogP contribution in [0, 0.1) is 18.7 Å². The summed E-state index contributed by atoms with van der Waals surface area (Å²) in [6.45, 7) is 1.89. The van der Waals surface area contributed by atoms with E-state index in [1.165, 1.54) is 12.1 Å². The number of hydrogen-bond donors (Lipinski definition) is 2. The second-order valence-corrected chi connectivity index (χ2v) is 8.27. The minimum absolute atomic E-state index is 0.0856. The van der Waals surface area contributed by atoms with Gasteiger partial charge in [-0.3, -0.25) is 14.2 Å². The first kappa shape index (κ1) is 20.2. The van der Waals surface area contributed by atoms with E-state index in [1.54, 1.807) is 36.4 Å². The van der Waals surface area contributed by atoms with Crippen LogP contribution >= 0.6 is 0 Å². The van der Waals surface area contributed by atoms with Crippen molar-refractivity contribution in [3.63, 3.8) is 0 Å². The van der Waals surface area contributed by atoms with E-state index in [4.69, 9.17) is 0 Å². The molecule has 7 heteroatoms. The second kappa shape index (κ2) is 8.07. The number of aryl methyl sites for hydroxylation is 1. The Balaban J connectivity index is 1.35. The van der Waals surface area contributed by atoms with Gasteiger partial charge in [0.1, 0.15) is 11.6 Å². The number of amides is 2. The molecule has 5 rings (SSSR count). The van der Waals surface area contributed by atoms with Gasteiger partial charge >= 0.3 is 0 Å². The summed E-state index contributed by atoms with van der Waals surface area (Å²) in [6, 6.07) is 13.4. The fourth-order valence-electron chi connectivity index (χ4n) is 3.91. The topological polar surface area (TPSA) is 76.0 Å². The van der Waals surface area contributed by atoms with Gasteiger partial charge in [0.05, 0.1) is 16.6 Å². The van der Waals surface area contributed by atoms with Crippen LogP contribution < -0.4 is 21.3 Å². The summed E-state index contributed by atoms with van der Waals surface area (Å²) in [5.41, 5.74) is 2.01. The van der Waals surface area contributed by atoms with Crippen LogP contribution in [0.1, 0.15) is 35.4 Å². The van der Waals surface area contributed by atoms with Crippen molar-refractivity contribution in [3.8, 4) is 5.69 Å². The van der Waals surface area contributed by atoms with Gasteiger partial charge in [0, 0.05) is 23.0 Å². The highest BCUT2D eigenvalue weighted by Crippen LogP contribution is 2.20. The van der Waals surface area contributed by atoms with Gasteiger partial charge in [0.15, 0.2) is 0 Å². The molecule has 1 unspecified atom stereocenters. The van der Waals surface area contributed by atoms with E-state index in [1.807, 2.05) is 23.6 Å². The van der Waals surface area contributed by atoms with Crippen LogP contribution in [0.5, 0.6) is 0 Å². The molecular weight excluding hydrogens is 407 g/mol. The summed E-state index contributed by atoms with van der Waals surface area (Å²) >= 11 is 0. The Morgan fingerprint density at radius 2 is 1.78 bits per heavy atom. The summed E-state index contributed by atoms with van der Waals surface area (Å²) in [6.07, 6.45) is 6.48. The molecular formula is C25H23FN4O2. The van der Waals surface area contributed by atoms with Crippen molar-refractivity contribution in [2.24, 2.45) is 5.92 Å². The number of nitrogens with one attached hydrogen (secondary N) is 2. The van der Waals surface area contributed by atoms with Crippen LogP contribution in [0.3, 0.4) is 0 Å². The molecule has 2 aliphatic carbocycles. The molecule has 2 N–H and O–H groups in total. The Morgan fingerprint density at radius 1 is 1.06 bits per heavy atom. The number of anilines is 1. The summed E-state index contributed by atoms with van der Waals surface area (Å²) in [7, 11) is 0. The van der Waals surface area contributed by atoms with E-state index < -0.39 is 0 Å². The van der Waals surface area contributed by atoms with Crippen LogP contribution in [0.4, 0.5) is 10.1 Å². The van der Waals surface area contributed by atoms with Crippen molar-refractivity contribution in [1.29, 1.82) is 0 Å². The van der Waals surface area contributed by atoms with Crippen LogP contribution in [0.25, 0.3) is 17.8 Å². The molecule has 0 aliphatic heterocycles. The Morgan fingerprint density at radius 3 is 2.47 bits per heavy atom. The van der Waals surface area contributed by atoms with Gasteiger partial charge in [-0.1, -0.05) is 6.08 Å². The van der Waals surface area contributed by atoms with Gasteiger partial charge in [-0.2, -0.15) is 0 Å². The summed E-state index contributed by atoms with van der Waals surface area (Å²) in [4.78, 5) is 29.6. The fourth-order valence-corrected chi connectivity index (χ4v) is 3.91. The molecule has 1 fully saturated rings. The molecule has 162 valence electrons. The smallest absolute Gasteiger partial charge is 0.251 e. The number of fused-ring (bicyclic) bond motifs is 1. The number of carbonyl (C=O) groups excluding carboxylic acids is 2. The normalized spacial score (nSPS) is 17.0. The third kappa shape index (κ3) is 4.06. The average Bonchev–Trinajstić information content (AvgIpc) is 3.54. The molecule has 3 aromatic rings. The van der Waals surface area contributed by atoms with Crippen molar-refractivity contribution in [2.75, 3.05) is 5.32 Å². The maximum Gasteiger partial charge on any atom is 0.251 e. The number of hydrogen-bond acceptors (Lipinski definition) is 3. The van der Waals surface area contributed by atoms with E-state index in [-0.39, 0.29) is 23.5 Å². The van der Waals surface area contributed by atoms with Gasteiger partial charge in [-0.15, -0.1) is 0 Å². The van der Waals surface area contributed by atoms with Crippen LogP contribution in [-0.2, 0) is 4.79 Å². The summed E-state index contributed by atoms with van der Waals surface area (Å²) in [5, 5.41) is 7.53. The first-order valence-corrected chi connectivity index (χ1v) is 10.7. The Kier molecular flexibility index (Phi) is 5.09. The van der Waals surface area contributed by atoms with Crippen molar-refractivity contribution in [3.05, 3.63) is 76.4 Å². The van der Waals surface area contributed by atoms with Crippen molar-refractivity contribution in [1.82, 2.24) is 14.9 Å². The van der Waals surface area contributed by atoms with Crippen molar-refractivity contribution in [2.45, 2.75) is 32.2 Å². The van der Waals surface area contributed by atoms with E-state index in [2.05, 4.69) is 15.6 Å². The number of halogens is 1. The third-order valence-corrected chi connectivity index (χ3v) is 5.78. The van der Waals surface area contributed by atoms with Gasteiger partial charge in [0.25, 0.3) is 5.91 Å². The lowest BCUT2D eigenvalue weighted by atomic mass is 10.00. The predicted octanol–water partition coefficient (Wildman–Crippen LogP) is 2.43. The van der Waals surface area contributed by atoms with Gasteiger partial charge in [-0.25, -0.2) is 9.37 Å². The lowest BCUT2D eigenvalue weighted by Crippen LogP contribution is -2.36. The van der Waals surface area contributed by atoms with E-state index in [0.717, 1.165) is 35.1 Å². The van der Waals surface area contributed by atoms with Crippen molar-refractivity contribution >= 4 is 29.7 Å². The standard InChI is InChI=1S/C25H23FN4O2/c1-15-27-22-13-4-17(14-23(22)30(15)21-11-5-18(26)6-12-21)25(32)29-19-7-2-16(3-8-19)24(31)28-20-9-10-20/h2-3,5-8,11-14,17,20H,4,9-10H2,1H3,(H,28,31)(H,29,32). The van der Waals surface area contributed by atoms with E-state index >= 15 is 0 Å². The Hall–Kier alpha value is -3.74. The zero-order valence-corrected chi connectivity index (χ0v) is 17.6. The minimum atomic E-state index is -0.365.